The van der Waals surface area contributed by atoms with Crippen LogP contribution in [0.1, 0.15) is 45.7 Å². The highest BCUT2D eigenvalue weighted by Gasteiger charge is 2.43. The molecule has 4 amide bonds. The molecule has 3 aromatic rings. The average Bonchev–Trinajstić information content (AvgIpc) is 3.04. The molecule has 2 aromatic carbocycles. The number of sulfone groups is 1. The molecule has 4 rings (SSSR count). The van der Waals surface area contributed by atoms with Crippen LogP contribution < -0.4 is 15.1 Å². The van der Waals surface area contributed by atoms with Gasteiger partial charge in [0.2, 0.25) is 11.8 Å². The lowest BCUT2D eigenvalue weighted by molar-refractivity contribution is -0.131. The minimum absolute atomic E-state index is 0.0747. The van der Waals surface area contributed by atoms with Crippen molar-refractivity contribution in [1.82, 2.24) is 15.2 Å². The molecule has 46 heavy (non-hydrogen) atoms. The molecular formula is C33H41N5O7S. The predicted molar refractivity (Wildman–Crippen MR) is 176 cm³/mol. The van der Waals surface area contributed by atoms with Crippen LogP contribution in [0.5, 0.6) is 0 Å². The topological polar surface area (TPSA) is 146 Å². The zero-order valence-electron chi connectivity index (χ0n) is 27.4. The number of likely N-dealkylation sites (N-methyl/N-ethyl adjacent to an activating group) is 1. The second-order valence-corrected chi connectivity index (χ2v) is 14.8. The lowest BCUT2D eigenvalue weighted by Crippen LogP contribution is -2.60. The third kappa shape index (κ3) is 7.47. The number of ether oxygens (including phenoxy) is 1. The Labute approximate surface area is 269 Å². The Hall–Kier alpha value is -4.52. The second-order valence-electron chi connectivity index (χ2n) is 12.7. The van der Waals surface area contributed by atoms with Gasteiger partial charge in [-0.15, -0.1) is 0 Å². The number of fused-ring (bicyclic) bond motifs is 2. The quantitative estimate of drug-likeness (QED) is 0.408. The van der Waals surface area contributed by atoms with E-state index in [4.69, 9.17) is 4.74 Å². The van der Waals surface area contributed by atoms with E-state index in [0.29, 0.717) is 11.4 Å². The molecule has 1 aromatic heterocycles. The molecule has 1 aliphatic heterocycles. The van der Waals surface area contributed by atoms with Crippen LogP contribution >= 0.6 is 0 Å². The number of aromatic nitrogens is 1. The number of carbonyl (C=O) groups excluding carboxylic acids is 4. The standard InChI is InChI=1S/C33H41N5O7S/c1-20-17-34-25-14-10-9-13-23(25)24(20)18-37-26-15-11-12-16-27(26)38(28(39)19-46(8,43)44)21(2)29(31(37)41)35-30(40)22(3)36(7)32(42)45-33(4,5)6/h9-17,21-22,29H,18-19H2,1-8H3,(H,35,40)/t21-,22-,29-/m0/s1. The molecule has 0 spiro atoms. The fourth-order valence-corrected chi connectivity index (χ4v) is 5.95. The summed E-state index contributed by atoms with van der Waals surface area (Å²) in [6, 6.07) is 10.9. The summed E-state index contributed by atoms with van der Waals surface area (Å²) in [5.74, 6) is -2.73. The van der Waals surface area contributed by atoms with Crippen LogP contribution in [0.2, 0.25) is 0 Å². The number of carbonyl (C=O) groups is 4. The van der Waals surface area contributed by atoms with E-state index >= 15 is 0 Å². The Morgan fingerprint density at radius 2 is 1.67 bits per heavy atom. The molecule has 0 saturated carbocycles. The van der Waals surface area contributed by atoms with Gasteiger partial charge in [0.15, 0.2) is 9.84 Å². The van der Waals surface area contributed by atoms with Gasteiger partial charge in [-0.25, -0.2) is 13.2 Å². The number of pyridine rings is 1. The smallest absolute Gasteiger partial charge is 0.410 e. The first-order valence-electron chi connectivity index (χ1n) is 14.9. The fourth-order valence-electron chi connectivity index (χ4n) is 5.37. The van der Waals surface area contributed by atoms with Gasteiger partial charge >= 0.3 is 6.09 Å². The maximum absolute atomic E-state index is 14.6. The third-order valence-corrected chi connectivity index (χ3v) is 8.64. The SMILES string of the molecule is Cc1cnc2ccccc2c1CN1C(=O)[C@@H](NC(=O)[C@H](C)N(C)C(=O)OC(C)(C)C)[C@H](C)N(C(=O)CS(C)(=O)=O)c2ccccc21. The van der Waals surface area contributed by atoms with Gasteiger partial charge < -0.3 is 19.9 Å². The molecule has 0 radical (unpaired) electrons. The molecule has 12 nitrogen and oxygen atoms in total. The molecule has 0 saturated heterocycles. The number of nitrogens with one attached hydrogen (secondary N) is 1. The van der Waals surface area contributed by atoms with Gasteiger partial charge in [-0.2, -0.15) is 0 Å². The van der Waals surface area contributed by atoms with Gasteiger partial charge in [0.05, 0.1) is 29.5 Å². The van der Waals surface area contributed by atoms with Crippen LogP contribution in [0.15, 0.2) is 54.7 Å². The van der Waals surface area contributed by atoms with Gasteiger partial charge in [0.1, 0.15) is 23.4 Å². The van der Waals surface area contributed by atoms with E-state index < -0.39 is 63.1 Å². The summed E-state index contributed by atoms with van der Waals surface area (Å²) in [4.78, 5) is 63.1. The Bertz CT molecular complexity index is 1790. The van der Waals surface area contributed by atoms with Crippen LogP contribution in [0.4, 0.5) is 16.2 Å². The average molecular weight is 652 g/mol. The Morgan fingerprint density at radius 3 is 2.30 bits per heavy atom. The zero-order chi connectivity index (χ0) is 34.1. The number of benzene rings is 2. The highest BCUT2D eigenvalue weighted by atomic mass is 32.2. The number of amides is 4. The minimum Gasteiger partial charge on any atom is -0.444 e. The lowest BCUT2D eigenvalue weighted by Gasteiger charge is -2.34. The van der Waals surface area contributed by atoms with Crippen molar-refractivity contribution < 1.29 is 32.3 Å². The van der Waals surface area contributed by atoms with E-state index in [1.54, 1.807) is 58.2 Å². The molecule has 1 N–H and O–H groups in total. The summed E-state index contributed by atoms with van der Waals surface area (Å²) in [7, 11) is -2.33. The van der Waals surface area contributed by atoms with Gasteiger partial charge in [0, 0.05) is 24.9 Å². The van der Waals surface area contributed by atoms with Crippen LogP contribution in [0, 0.1) is 6.92 Å². The van der Waals surface area contributed by atoms with Crippen LogP contribution in [-0.2, 0) is 35.5 Å². The molecule has 2 heterocycles. The van der Waals surface area contributed by atoms with E-state index in [9.17, 15) is 27.6 Å². The largest absolute Gasteiger partial charge is 0.444 e. The molecule has 0 aliphatic carbocycles. The summed E-state index contributed by atoms with van der Waals surface area (Å²) >= 11 is 0. The first-order chi connectivity index (χ1) is 21.4. The van der Waals surface area contributed by atoms with Crippen molar-refractivity contribution >= 4 is 55.9 Å². The van der Waals surface area contributed by atoms with Crippen molar-refractivity contribution in [2.24, 2.45) is 0 Å². The zero-order valence-corrected chi connectivity index (χ0v) is 28.2. The Kier molecular flexibility index (Phi) is 9.76. The van der Waals surface area contributed by atoms with Gasteiger partial charge in [-0.3, -0.25) is 24.3 Å². The number of hydrogen-bond acceptors (Lipinski definition) is 8. The van der Waals surface area contributed by atoms with E-state index in [0.717, 1.165) is 33.2 Å². The first-order valence-corrected chi connectivity index (χ1v) is 16.9. The number of para-hydroxylation sites is 3. The number of nitrogens with zero attached hydrogens (tertiary/aromatic N) is 4. The van der Waals surface area contributed by atoms with Crippen LogP contribution in [0.3, 0.4) is 0 Å². The van der Waals surface area contributed by atoms with E-state index in [1.807, 2.05) is 31.2 Å². The van der Waals surface area contributed by atoms with Gasteiger partial charge in [0.25, 0.3) is 5.91 Å². The second kappa shape index (κ2) is 13.1. The molecular weight excluding hydrogens is 610 g/mol. The summed E-state index contributed by atoms with van der Waals surface area (Å²) in [6.07, 6.45) is 1.96. The van der Waals surface area contributed by atoms with Crippen molar-refractivity contribution in [2.75, 3.05) is 28.9 Å². The first kappa shape index (κ1) is 34.4. The maximum atomic E-state index is 14.6. The number of aryl methyl sites for hydroxylation is 1. The summed E-state index contributed by atoms with van der Waals surface area (Å²) in [5.41, 5.74) is 2.29. The Balaban J connectivity index is 1.81. The highest BCUT2D eigenvalue weighted by molar-refractivity contribution is 7.91. The number of rotatable bonds is 7. The van der Waals surface area contributed by atoms with E-state index in [2.05, 4.69) is 10.3 Å². The van der Waals surface area contributed by atoms with Crippen molar-refractivity contribution in [3.05, 3.63) is 65.9 Å². The highest BCUT2D eigenvalue weighted by Crippen LogP contribution is 2.37. The molecule has 246 valence electrons. The van der Waals surface area contributed by atoms with Crippen molar-refractivity contribution in [3.63, 3.8) is 0 Å². The minimum atomic E-state index is -3.75. The fraction of sp³-hybridized carbons (Fsp3) is 0.424. The van der Waals surface area contributed by atoms with Crippen LogP contribution in [0.25, 0.3) is 10.9 Å². The molecule has 0 fully saturated rings. The summed E-state index contributed by atoms with van der Waals surface area (Å²) < 4.78 is 29.9. The summed E-state index contributed by atoms with van der Waals surface area (Å²) in [6.45, 7) is 10.2. The molecule has 3 atom stereocenters. The van der Waals surface area contributed by atoms with E-state index in [-0.39, 0.29) is 6.54 Å². The molecule has 0 bridgehead atoms. The van der Waals surface area contributed by atoms with E-state index in [1.165, 1.54) is 23.8 Å². The third-order valence-electron chi connectivity index (χ3n) is 7.87. The van der Waals surface area contributed by atoms with Gasteiger partial charge in [-0.1, -0.05) is 30.3 Å². The lowest BCUT2D eigenvalue weighted by atomic mass is 10.0. The monoisotopic (exact) mass is 651 g/mol. The molecule has 1 aliphatic rings. The summed E-state index contributed by atoms with van der Waals surface area (Å²) in [5, 5.41) is 3.61. The maximum Gasteiger partial charge on any atom is 0.410 e. The van der Waals surface area contributed by atoms with Crippen molar-refractivity contribution in [2.45, 2.75) is 71.8 Å². The van der Waals surface area contributed by atoms with Crippen LogP contribution in [-0.4, -0.2) is 84.9 Å². The Morgan fingerprint density at radius 1 is 1.07 bits per heavy atom. The van der Waals surface area contributed by atoms with Crippen molar-refractivity contribution in [1.29, 1.82) is 0 Å². The molecule has 13 heteroatoms. The van der Waals surface area contributed by atoms with Crippen molar-refractivity contribution in [3.8, 4) is 0 Å². The molecule has 0 unspecified atom stereocenters. The number of hydrogen-bond donors (Lipinski definition) is 1. The number of anilines is 2. The van der Waals surface area contributed by atoms with Gasteiger partial charge in [-0.05, 0) is 70.9 Å². The normalized spacial score (nSPS) is 17.6. The predicted octanol–water partition coefficient (Wildman–Crippen LogP) is 3.60.